The molecule has 6 rings (SSSR count). The summed E-state index contributed by atoms with van der Waals surface area (Å²) < 4.78 is 11.3. The van der Waals surface area contributed by atoms with Gasteiger partial charge in [-0.2, -0.15) is 15.0 Å². The number of hydrogen-bond donors (Lipinski definition) is 2. The number of carbonyl (C=O) groups excluding carboxylic acids is 2. The number of aromatic nitrogens is 3. The van der Waals surface area contributed by atoms with Crippen LogP contribution in [-0.2, 0) is 9.47 Å². The Hall–Kier alpha value is -4.33. The van der Waals surface area contributed by atoms with Crippen molar-refractivity contribution in [3.63, 3.8) is 0 Å². The molecule has 2 aromatic carbocycles. The van der Waals surface area contributed by atoms with E-state index < -0.39 is 0 Å². The molecule has 0 aliphatic carbocycles. The number of ether oxygens (including phenoxy) is 2. The van der Waals surface area contributed by atoms with Gasteiger partial charge in [-0.05, 0) is 76.2 Å². The van der Waals surface area contributed by atoms with Gasteiger partial charge >= 0.3 is 6.03 Å². The van der Waals surface area contributed by atoms with Crippen LogP contribution >= 0.6 is 0 Å². The zero-order valence-electron chi connectivity index (χ0n) is 27.7. The normalized spacial score (nSPS) is 20.7. The lowest BCUT2D eigenvalue weighted by atomic mass is 10.1. The fraction of sp³-hybridized carbons (Fsp3) is 0.500. The lowest BCUT2D eigenvalue weighted by molar-refractivity contribution is 0.0595. The molecule has 2 atom stereocenters. The molecule has 3 amide bonds. The maximum Gasteiger partial charge on any atom is 0.323 e. The SMILES string of the molecule is CC(C)N1CCN(C(=O)c2ccc(NC(=O)Nc3ccc(-c4nc(N5CCOCC5C)nc(N5CCOCC5C)n4)cc3)cc2)CC1. The second-order valence-electron chi connectivity index (χ2n) is 12.6. The van der Waals surface area contributed by atoms with Gasteiger partial charge in [-0.3, -0.25) is 9.69 Å². The number of carbonyl (C=O) groups is 2. The second-order valence-corrected chi connectivity index (χ2v) is 12.6. The molecule has 0 radical (unpaired) electrons. The van der Waals surface area contributed by atoms with Crippen molar-refractivity contribution in [3.05, 3.63) is 54.1 Å². The minimum absolute atomic E-state index is 0.0147. The summed E-state index contributed by atoms with van der Waals surface area (Å²) in [4.78, 5) is 49.0. The number of piperazine rings is 1. The van der Waals surface area contributed by atoms with Gasteiger partial charge in [0.05, 0.1) is 38.5 Å². The molecule has 3 saturated heterocycles. The lowest BCUT2D eigenvalue weighted by Crippen LogP contribution is -2.50. The van der Waals surface area contributed by atoms with Crippen molar-refractivity contribution in [1.82, 2.24) is 24.8 Å². The molecular formula is C34H45N9O4. The zero-order chi connectivity index (χ0) is 32.9. The third-order valence-corrected chi connectivity index (χ3v) is 8.98. The summed E-state index contributed by atoms with van der Waals surface area (Å²) in [5, 5.41) is 5.73. The third kappa shape index (κ3) is 7.80. The molecule has 3 fully saturated rings. The van der Waals surface area contributed by atoms with Crippen LogP contribution < -0.4 is 20.4 Å². The van der Waals surface area contributed by atoms with E-state index in [4.69, 9.17) is 24.4 Å². The van der Waals surface area contributed by atoms with Crippen molar-refractivity contribution in [3.8, 4) is 11.4 Å². The van der Waals surface area contributed by atoms with Crippen LogP contribution in [0.15, 0.2) is 48.5 Å². The summed E-state index contributed by atoms with van der Waals surface area (Å²) in [6.07, 6.45) is 0. The number of urea groups is 1. The summed E-state index contributed by atoms with van der Waals surface area (Å²) >= 11 is 0. The third-order valence-electron chi connectivity index (χ3n) is 8.98. The number of anilines is 4. The number of hydrogen-bond acceptors (Lipinski definition) is 10. The Balaban J connectivity index is 1.10. The van der Waals surface area contributed by atoms with Crippen LogP contribution in [0.3, 0.4) is 0 Å². The summed E-state index contributed by atoms with van der Waals surface area (Å²) in [6.45, 7) is 15.6. The van der Waals surface area contributed by atoms with E-state index in [9.17, 15) is 9.59 Å². The van der Waals surface area contributed by atoms with E-state index in [1.165, 1.54) is 0 Å². The summed E-state index contributed by atoms with van der Waals surface area (Å²) in [7, 11) is 0. The molecule has 0 spiro atoms. The van der Waals surface area contributed by atoms with E-state index in [0.29, 0.717) is 93.3 Å². The zero-order valence-corrected chi connectivity index (χ0v) is 27.7. The Kier molecular flexibility index (Phi) is 10.1. The van der Waals surface area contributed by atoms with Crippen molar-refractivity contribution in [2.24, 2.45) is 0 Å². The Labute approximate surface area is 276 Å². The van der Waals surface area contributed by atoms with E-state index in [-0.39, 0.29) is 24.0 Å². The van der Waals surface area contributed by atoms with E-state index in [1.54, 1.807) is 24.3 Å². The van der Waals surface area contributed by atoms with Crippen molar-refractivity contribution < 1.29 is 19.1 Å². The van der Waals surface area contributed by atoms with Crippen LogP contribution in [-0.4, -0.2) is 121 Å². The molecule has 13 nitrogen and oxygen atoms in total. The molecule has 2 unspecified atom stereocenters. The van der Waals surface area contributed by atoms with Crippen molar-refractivity contribution in [2.45, 2.75) is 45.8 Å². The number of nitrogens with zero attached hydrogens (tertiary/aromatic N) is 7. The molecule has 0 saturated carbocycles. The topological polar surface area (TPSA) is 128 Å². The van der Waals surface area contributed by atoms with Crippen LogP contribution in [0.2, 0.25) is 0 Å². The Morgan fingerprint density at radius 1 is 0.723 bits per heavy atom. The Morgan fingerprint density at radius 3 is 1.72 bits per heavy atom. The first-order valence-corrected chi connectivity index (χ1v) is 16.5. The van der Waals surface area contributed by atoms with E-state index in [1.807, 2.05) is 29.2 Å². The molecule has 1 aromatic heterocycles. The van der Waals surface area contributed by atoms with Crippen LogP contribution in [0, 0.1) is 0 Å². The van der Waals surface area contributed by atoms with Crippen molar-refractivity contribution >= 4 is 35.2 Å². The smallest absolute Gasteiger partial charge is 0.323 e. The Bertz CT molecular complexity index is 1490. The van der Waals surface area contributed by atoms with E-state index >= 15 is 0 Å². The van der Waals surface area contributed by atoms with Gasteiger partial charge in [0.2, 0.25) is 11.9 Å². The monoisotopic (exact) mass is 643 g/mol. The minimum Gasteiger partial charge on any atom is -0.377 e. The molecule has 2 N–H and O–H groups in total. The molecule has 3 aliphatic heterocycles. The predicted octanol–water partition coefficient (Wildman–Crippen LogP) is 3.80. The highest BCUT2D eigenvalue weighted by Gasteiger charge is 2.27. The highest BCUT2D eigenvalue weighted by molar-refractivity contribution is 6.00. The minimum atomic E-state index is -0.381. The first-order chi connectivity index (χ1) is 22.7. The molecule has 3 aliphatic rings. The van der Waals surface area contributed by atoms with Crippen molar-refractivity contribution in [1.29, 1.82) is 0 Å². The van der Waals surface area contributed by atoms with Gasteiger partial charge in [-0.1, -0.05) is 0 Å². The number of nitrogens with one attached hydrogen (secondary N) is 2. The highest BCUT2D eigenvalue weighted by Crippen LogP contribution is 2.26. The number of morpholine rings is 2. The first kappa shape index (κ1) is 32.6. The highest BCUT2D eigenvalue weighted by atomic mass is 16.5. The average molecular weight is 644 g/mol. The average Bonchev–Trinajstić information content (AvgIpc) is 3.09. The molecule has 4 heterocycles. The number of rotatable bonds is 7. The summed E-state index contributed by atoms with van der Waals surface area (Å²) in [5.41, 5.74) is 2.64. The largest absolute Gasteiger partial charge is 0.377 e. The van der Waals surface area contributed by atoms with Gasteiger partial charge in [0.1, 0.15) is 0 Å². The molecule has 250 valence electrons. The maximum atomic E-state index is 13.0. The molecular weight excluding hydrogens is 598 g/mol. The first-order valence-electron chi connectivity index (χ1n) is 16.5. The summed E-state index contributed by atoms with van der Waals surface area (Å²) in [5.74, 6) is 1.83. The van der Waals surface area contributed by atoms with E-state index in [0.717, 1.165) is 18.7 Å². The van der Waals surface area contributed by atoms with Gasteiger partial charge in [0.15, 0.2) is 5.82 Å². The number of amides is 3. The predicted molar refractivity (Wildman–Crippen MR) is 182 cm³/mol. The summed E-state index contributed by atoms with van der Waals surface area (Å²) in [6, 6.07) is 14.8. The lowest BCUT2D eigenvalue weighted by Gasteiger charge is -2.37. The van der Waals surface area contributed by atoms with Gasteiger partial charge in [0, 0.05) is 67.8 Å². The van der Waals surface area contributed by atoms with Gasteiger partial charge in [-0.15, -0.1) is 0 Å². The van der Waals surface area contributed by atoms with Crippen LogP contribution in [0.1, 0.15) is 38.1 Å². The Morgan fingerprint density at radius 2 is 1.23 bits per heavy atom. The molecule has 3 aromatic rings. The molecule has 0 bridgehead atoms. The molecule has 47 heavy (non-hydrogen) atoms. The maximum absolute atomic E-state index is 13.0. The van der Waals surface area contributed by atoms with E-state index in [2.05, 4.69) is 53.0 Å². The second kappa shape index (κ2) is 14.6. The molecule has 13 heteroatoms. The van der Waals surface area contributed by atoms with Gasteiger partial charge in [-0.25, -0.2) is 4.79 Å². The van der Waals surface area contributed by atoms with Crippen LogP contribution in [0.25, 0.3) is 11.4 Å². The fourth-order valence-electron chi connectivity index (χ4n) is 6.10. The van der Waals surface area contributed by atoms with Gasteiger partial charge < -0.3 is 34.8 Å². The van der Waals surface area contributed by atoms with Crippen LogP contribution in [0.5, 0.6) is 0 Å². The standard InChI is InChI=1S/C34H45N9O4/c1-23(2)40-13-15-41(16-14-40)31(44)27-7-11-29(12-8-27)36-34(45)35-28-9-5-26(6-10-28)30-37-32(42-17-19-46-21-24(42)3)39-33(38-30)43-18-20-47-22-25(43)4/h5-12,23-25H,13-22H2,1-4H3,(H2,35,36,45). The number of benzene rings is 2. The van der Waals surface area contributed by atoms with Crippen molar-refractivity contribution in [2.75, 3.05) is 86.1 Å². The quantitative estimate of drug-likeness (QED) is 0.393. The fourth-order valence-corrected chi connectivity index (χ4v) is 6.10. The van der Waals surface area contributed by atoms with Crippen LogP contribution in [0.4, 0.5) is 28.1 Å². The van der Waals surface area contributed by atoms with Gasteiger partial charge in [0.25, 0.3) is 5.91 Å².